The number of hydrogen-bond acceptors (Lipinski definition) is 2. The van der Waals surface area contributed by atoms with Gasteiger partial charge in [0.1, 0.15) is 17.1 Å². The molecule has 0 N–H and O–H groups in total. The smallest absolute Gasteiger partial charge is 0.146 e. The van der Waals surface area contributed by atoms with Crippen LogP contribution in [-0.4, -0.2) is 16.7 Å². The van der Waals surface area contributed by atoms with Crippen molar-refractivity contribution < 1.29 is 4.74 Å². The Morgan fingerprint density at radius 1 is 1.44 bits per heavy atom. The number of benzene rings is 1. The quantitative estimate of drug-likeness (QED) is 0.790. The molecular weight excluding hydrogens is 248 g/mol. The molecule has 0 radical (unpaired) electrons. The van der Waals surface area contributed by atoms with Gasteiger partial charge in [0, 0.05) is 6.04 Å². The third-order valence-electron chi connectivity index (χ3n) is 3.81. The number of methoxy groups -OCH3 is 1. The van der Waals surface area contributed by atoms with Crippen LogP contribution in [0, 0.1) is 5.92 Å². The van der Waals surface area contributed by atoms with Crippen LogP contribution in [-0.2, 0) is 5.88 Å². The Labute approximate surface area is 112 Å². The fraction of sp³-hybridized carbons (Fsp3) is 0.500. The predicted octanol–water partition coefficient (Wildman–Crippen LogP) is 3.75. The van der Waals surface area contributed by atoms with E-state index in [9.17, 15) is 0 Å². The van der Waals surface area contributed by atoms with Gasteiger partial charge in [-0.05, 0) is 30.9 Å². The first-order valence-corrected chi connectivity index (χ1v) is 6.87. The van der Waals surface area contributed by atoms with Crippen molar-refractivity contribution in [3.05, 3.63) is 24.0 Å². The van der Waals surface area contributed by atoms with Crippen molar-refractivity contribution in [3.63, 3.8) is 0 Å². The van der Waals surface area contributed by atoms with Gasteiger partial charge in [0.05, 0.1) is 18.5 Å². The van der Waals surface area contributed by atoms with Gasteiger partial charge in [-0.3, -0.25) is 0 Å². The van der Waals surface area contributed by atoms with Crippen LogP contribution in [0.4, 0.5) is 0 Å². The van der Waals surface area contributed by atoms with Crippen LogP contribution in [0.5, 0.6) is 5.75 Å². The Morgan fingerprint density at radius 3 is 2.83 bits per heavy atom. The Kier molecular flexibility index (Phi) is 2.94. The van der Waals surface area contributed by atoms with Gasteiger partial charge in [-0.15, -0.1) is 11.6 Å². The molecule has 1 aliphatic carbocycles. The summed E-state index contributed by atoms with van der Waals surface area (Å²) in [7, 11) is 1.68. The van der Waals surface area contributed by atoms with Crippen molar-refractivity contribution in [3.8, 4) is 5.75 Å². The van der Waals surface area contributed by atoms with Crippen molar-refractivity contribution in [1.82, 2.24) is 9.55 Å². The van der Waals surface area contributed by atoms with Gasteiger partial charge in [0.15, 0.2) is 0 Å². The van der Waals surface area contributed by atoms with Crippen molar-refractivity contribution in [1.29, 1.82) is 0 Å². The van der Waals surface area contributed by atoms with E-state index in [-0.39, 0.29) is 0 Å². The molecule has 1 saturated carbocycles. The summed E-state index contributed by atoms with van der Waals surface area (Å²) in [6.07, 6.45) is 2.43. The third kappa shape index (κ3) is 1.69. The number of hydrogen-bond donors (Lipinski definition) is 0. The Balaban J connectivity index is 2.16. The van der Waals surface area contributed by atoms with Crippen molar-refractivity contribution in [2.45, 2.75) is 31.7 Å². The highest BCUT2D eigenvalue weighted by molar-refractivity contribution is 6.16. The summed E-state index contributed by atoms with van der Waals surface area (Å²) in [4.78, 5) is 4.64. The molecule has 1 fully saturated rings. The lowest BCUT2D eigenvalue weighted by molar-refractivity contribution is 0.217. The summed E-state index contributed by atoms with van der Waals surface area (Å²) in [5.41, 5.74) is 2.07. The lowest BCUT2D eigenvalue weighted by Gasteiger charge is -2.35. The van der Waals surface area contributed by atoms with Crippen LogP contribution in [0.15, 0.2) is 18.2 Å². The van der Waals surface area contributed by atoms with Crippen LogP contribution in [0.3, 0.4) is 0 Å². The molecule has 0 aliphatic heterocycles. The highest BCUT2D eigenvalue weighted by atomic mass is 35.5. The summed E-state index contributed by atoms with van der Waals surface area (Å²) in [6.45, 7) is 2.29. The zero-order valence-corrected chi connectivity index (χ0v) is 11.4. The summed E-state index contributed by atoms with van der Waals surface area (Å²) < 4.78 is 7.67. The molecule has 0 amide bonds. The first-order chi connectivity index (χ1) is 8.74. The third-order valence-corrected chi connectivity index (χ3v) is 4.05. The minimum atomic E-state index is 0.447. The molecular formula is C14H17ClN2O. The molecule has 3 rings (SSSR count). The summed E-state index contributed by atoms with van der Waals surface area (Å²) in [6, 6.07) is 6.61. The van der Waals surface area contributed by atoms with E-state index in [0.717, 1.165) is 28.5 Å². The largest absolute Gasteiger partial charge is 0.494 e. The Hall–Kier alpha value is -1.22. The van der Waals surface area contributed by atoms with E-state index < -0.39 is 0 Å². The minimum absolute atomic E-state index is 0.447. The number of aromatic nitrogens is 2. The average molecular weight is 265 g/mol. The number of rotatable bonds is 3. The van der Waals surface area contributed by atoms with Gasteiger partial charge < -0.3 is 9.30 Å². The molecule has 0 unspecified atom stereocenters. The number of nitrogens with zero attached hydrogens (tertiary/aromatic N) is 2. The van der Waals surface area contributed by atoms with Gasteiger partial charge in [0.2, 0.25) is 0 Å². The maximum atomic E-state index is 6.04. The topological polar surface area (TPSA) is 27.1 Å². The Morgan fingerprint density at radius 2 is 2.22 bits per heavy atom. The fourth-order valence-corrected chi connectivity index (χ4v) is 3.07. The molecule has 0 bridgehead atoms. The molecule has 0 saturated heterocycles. The highest BCUT2D eigenvalue weighted by Gasteiger charge is 2.30. The molecule has 4 heteroatoms. The lowest BCUT2D eigenvalue weighted by atomic mass is 9.81. The lowest BCUT2D eigenvalue weighted by Crippen LogP contribution is -2.25. The van der Waals surface area contributed by atoms with Crippen LogP contribution < -0.4 is 4.74 Å². The van der Waals surface area contributed by atoms with E-state index in [2.05, 4.69) is 22.5 Å². The molecule has 3 nitrogen and oxygen atoms in total. The van der Waals surface area contributed by atoms with Gasteiger partial charge in [-0.2, -0.15) is 0 Å². The molecule has 1 aromatic carbocycles. The first-order valence-electron chi connectivity index (χ1n) is 6.34. The fourth-order valence-electron chi connectivity index (χ4n) is 2.88. The number of alkyl halides is 1. The van der Waals surface area contributed by atoms with Crippen molar-refractivity contribution in [2.24, 2.45) is 5.92 Å². The normalized spacial score (nSPS) is 23.1. The second kappa shape index (κ2) is 4.47. The number of fused-ring (bicyclic) bond motifs is 1. The van der Waals surface area contributed by atoms with E-state index in [4.69, 9.17) is 16.3 Å². The predicted molar refractivity (Wildman–Crippen MR) is 73.3 cm³/mol. The average Bonchev–Trinajstić information content (AvgIpc) is 2.72. The highest BCUT2D eigenvalue weighted by Crippen LogP contribution is 2.41. The molecule has 0 atom stereocenters. The molecule has 0 spiro atoms. The van der Waals surface area contributed by atoms with Gasteiger partial charge in [0.25, 0.3) is 0 Å². The standard InChI is InChI=1S/C14H17ClN2O/c1-9-6-10(7-9)17-11-4-3-5-12(18-2)14(11)16-13(17)8-15/h3-5,9-10H,6-8H2,1-2H3. The molecule has 96 valence electrons. The monoisotopic (exact) mass is 264 g/mol. The van der Waals surface area contributed by atoms with Crippen LogP contribution >= 0.6 is 11.6 Å². The second-order valence-electron chi connectivity index (χ2n) is 5.09. The minimum Gasteiger partial charge on any atom is -0.494 e. The molecule has 18 heavy (non-hydrogen) atoms. The number of ether oxygens (including phenoxy) is 1. The maximum absolute atomic E-state index is 6.04. The zero-order chi connectivity index (χ0) is 12.7. The SMILES string of the molecule is COc1cccc2c1nc(CCl)n2C1CC(C)C1. The number of halogens is 1. The van der Waals surface area contributed by atoms with Crippen LogP contribution in [0.25, 0.3) is 11.0 Å². The van der Waals surface area contributed by atoms with Crippen LogP contribution in [0.2, 0.25) is 0 Å². The molecule has 1 aromatic heterocycles. The van der Waals surface area contributed by atoms with Gasteiger partial charge in [-0.1, -0.05) is 13.0 Å². The van der Waals surface area contributed by atoms with Crippen molar-refractivity contribution in [2.75, 3.05) is 7.11 Å². The van der Waals surface area contributed by atoms with Gasteiger partial charge in [-0.25, -0.2) is 4.98 Å². The molecule has 1 aliphatic rings. The molecule has 1 heterocycles. The first kappa shape index (κ1) is 11.8. The van der Waals surface area contributed by atoms with E-state index in [1.807, 2.05) is 12.1 Å². The second-order valence-corrected chi connectivity index (χ2v) is 5.36. The summed E-state index contributed by atoms with van der Waals surface area (Å²) in [5.74, 6) is 3.03. The van der Waals surface area contributed by atoms with E-state index >= 15 is 0 Å². The maximum Gasteiger partial charge on any atom is 0.146 e. The summed E-state index contributed by atoms with van der Waals surface area (Å²) >= 11 is 6.04. The molecule has 2 aromatic rings. The van der Waals surface area contributed by atoms with E-state index in [0.29, 0.717) is 11.9 Å². The van der Waals surface area contributed by atoms with E-state index in [1.165, 1.54) is 12.8 Å². The number of imidazole rings is 1. The summed E-state index contributed by atoms with van der Waals surface area (Å²) in [5, 5.41) is 0. The van der Waals surface area contributed by atoms with Crippen LogP contribution in [0.1, 0.15) is 31.6 Å². The van der Waals surface area contributed by atoms with Gasteiger partial charge >= 0.3 is 0 Å². The van der Waals surface area contributed by atoms with Crippen molar-refractivity contribution >= 4 is 22.6 Å². The van der Waals surface area contributed by atoms with E-state index in [1.54, 1.807) is 7.11 Å². The Bertz CT molecular complexity index is 572. The number of para-hydroxylation sites is 1. The zero-order valence-electron chi connectivity index (χ0n) is 10.7.